The van der Waals surface area contributed by atoms with E-state index in [0.717, 1.165) is 17.1 Å². The number of hydrogen-bond donors (Lipinski definition) is 0. The molecule has 0 saturated carbocycles. The molecule has 11 rings (SSSR count). The van der Waals surface area contributed by atoms with E-state index in [1.807, 2.05) is 11.3 Å². The molecule has 0 amide bonds. The topological polar surface area (TPSA) is 8.17 Å². The molecule has 2 aromatic heterocycles. The molecule has 0 atom stereocenters. The van der Waals surface area contributed by atoms with E-state index >= 15 is 0 Å². The lowest BCUT2D eigenvalue weighted by molar-refractivity contribution is 1.18. The van der Waals surface area contributed by atoms with Crippen molar-refractivity contribution in [2.45, 2.75) is 0 Å². The number of fused-ring (bicyclic) bond motifs is 8. The third-order valence-corrected chi connectivity index (χ3v) is 12.2. The third-order valence-electron chi connectivity index (χ3n) is 11.0. The normalized spacial score (nSPS) is 11.6. The summed E-state index contributed by atoms with van der Waals surface area (Å²) in [4.78, 5) is 2.39. The molecule has 0 radical (unpaired) electrons. The predicted octanol–water partition coefficient (Wildman–Crippen LogP) is 15.1. The molecule has 0 spiro atoms. The predicted molar refractivity (Wildman–Crippen MR) is 237 cm³/mol. The van der Waals surface area contributed by atoms with E-state index in [4.69, 9.17) is 0 Å². The zero-order valence-electron chi connectivity index (χ0n) is 29.9. The second-order valence-electron chi connectivity index (χ2n) is 14.2. The zero-order valence-corrected chi connectivity index (χ0v) is 30.7. The van der Waals surface area contributed by atoms with Gasteiger partial charge < -0.3 is 9.47 Å². The maximum atomic E-state index is 2.39. The summed E-state index contributed by atoms with van der Waals surface area (Å²) in [5.41, 5.74) is 11.8. The lowest BCUT2D eigenvalue weighted by Crippen LogP contribution is -2.09. The number of aromatic nitrogens is 1. The molecule has 258 valence electrons. The van der Waals surface area contributed by atoms with E-state index < -0.39 is 0 Å². The van der Waals surface area contributed by atoms with Crippen LogP contribution in [0.5, 0.6) is 0 Å². The summed E-state index contributed by atoms with van der Waals surface area (Å²) in [6.45, 7) is 0. The summed E-state index contributed by atoms with van der Waals surface area (Å²) in [5.74, 6) is 0. The number of benzene rings is 9. The smallest absolute Gasteiger partial charge is 0.0541 e. The van der Waals surface area contributed by atoms with Gasteiger partial charge in [0.05, 0.1) is 11.0 Å². The highest BCUT2D eigenvalue weighted by Crippen LogP contribution is 2.43. The maximum absolute atomic E-state index is 2.39. The standard InChI is InChI=1S/C52H34N2S/c1-3-11-35(12-4-1)36-19-25-41(26-20-36)53(43-29-32-51-48(34-43)46-30-23-38-13-7-8-16-44(38)52(46)55-51)42-27-21-37(22-28-42)39-24-31-50-47(33-39)45-17-9-10-18-49(45)54(50)40-14-5-2-6-15-40/h1-34H. The SMILES string of the molecule is c1ccc(-c2ccc(N(c3ccc(-c4ccc5c(c4)c4ccccc4n5-c4ccccc4)cc3)c3ccc4sc5c6ccccc6ccc5c4c3)cc2)cc1. The van der Waals surface area contributed by atoms with E-state index in [2.05, 4.69) is 216 Å². The van der Waals surface area contributed by atoms with Gasteiger partial charge in [-0.2, -0.15) is 0 Å². The fourth-order valence-corrected chi connectivity index (χ4v) is 9.54. The van der Waals surface area contributed by atoms with Crippen molar-refractivity contribution in [3.8, 4) is 27.9 Å². The molecular weight excluding hydrogens is 685 g/mol. The average Bonchev–Trinajstić information content (AvgIpc) is 3.80. The fraction of sp³-hybridized carbons (Fsp3) is 0. The van der Waals surface area contributed by atoms with Crippen LogP contribution < -0.4 is 4.90 Å². The van der Waals surface area contributed by atoms with Crippen LogP contribution in [0.4, 0.5) is 17.1 Å². The summed E-state index contributed by atoms with van der Waals surface area (Å²) < 4.78 is 5.01. The first-order valence-electron chi connectivity index (χ1n) is 18.8. The molecule has 0 bridgehead atoms. The lowest BCUT2D eigenvalue weighted by atomic mass is 10.0. The Morgan fingerprint density at radius 3 is 1.69 bits per heavy atom. The van der Waals surface area contributed by atoms with Crippen molar-refractivity contribution in [3.05, 3.63) is 206 Å². The molecule has 2 nitrogen and oxygen atoms in total. The van der Waals surface area contributed by atoms with Gasteiger partial charge in [-0.1, -0.05) is 133 Å². The van der Waals surface area contributed by atoms with Crippen molar-refractivity contribution in [1.29, 1.82) is 0 Å². The van der Waals surface area contributed by atoms with Gasteiger partial charge in [0, 0.05) is 53.7 Å². The Kier molecular flexibility index (Phi) is 7.39. The summed E-state index contributed by atoms with van der Waals surface area (Å²) in [6.07, 6.45) is 0. The fourth-order valence-electron chi connectivity index (χ4n) is 8.32. The Labute approximate surface area is 323 Å². The first-order chi connectivity index (χ1) is 27.3. The Balaban J connectivity index is 1.03. The number of hydrogen-bond acceptors (Lipinski definition) is 2. The van der Waals surface area contributed by atoms with Crippen LogP contribution in [0.3, 0.4) is 0 Å². The van der Waals surface area contributed by atoms with E-state index in [0.29, 0.717) is 0 Å². The number of thiophene rings is 1. The van der Waals surface area contributed by atoms with Crippen LogP contribution in [0, 0.1) is 0 Å². The van der Waals surface area contributed by atoms with Gasteiger partial charge in [-0.25, -0.2) is 0 Å². The molecule has 9 aromatic carbocycles. The quantitative estimate of drug-likeness (QED) is 0.166. The molecule has 0 unspecified atom stereocenters. The van der Waals surface area contributed by atoms with Gasteiger partial charge in [0.2, 0.25) is 0 Å². The molecule has 55 heavy (non-hydrogen) atoms. The molecule has 0 aliphatic rings. The first-order valence-corrected chi connectivity index (χ1v) is 19.6. The van der Waals surface area contributed by atoms with Crippen molar-refractivity contribution in [2.75, 3.05) is 4.90 Å². The number of rotatable bonds is 6. The van der Waals surface area contributed by atoms with Crippen LogP contribution in [0.1, 0.15) is 0 Å². The number of nitrogens with zero attached hydrogens (tertiary/aromatic N) is 2. The van der Waals surface area contributed by atoms with Gasteiger partial charge in [0.25, 0.3) is 0 Å². The number of para-hydroxylation sites is 2. The van der Waals surface area contributed by atoms with Crippen molar-refractivity contribution >= 4 is 81.1 Å². The molecule has 0 N–H and O–H groups in total. The molecule has 0 saturated heterocycles. The molecule has 11 aromatic rings. The van der Waals surface area contributed by atoms with Crippen LogP contribution in [0.15, 0.2) is 206 Å². The molecule has 0 fully saturated rings. The maximum Gasteiger partial charge on any atom is 0.0541 e. The van der Waals surface area contributed by atoms with E-state index in [9.17, 15) is 0 Å². The van der Waals surface area contributed by atoms with Gasteiger partial charge in [-0.05, 0) is 106 Å². The summed E-state index contributed by atoms with van der Waals surface area (Å²) in [5, 5.41) is 7.70. The minimum atomic E-state index is 1.11. The van der Waals surface area contributed by atoms with Crippen molar-refractivity contribution in [1.82, 2.24) is 4.57 Å². The van der Waals surface area contributed by atoms with Crippen molar-refractivity contribution in [2.24, 2.45) is 0 Å². The van der Waals surface area contributed by atoms with Gasteiger partial charge in [0.1, 0.15) is 0 Å². The Morgan fingerprint density at radius 2 is 0.927 bits per heavy atom. The van der Waals surface area contributed by atoms with Crippen molar-refractivity contribution in [3.63, 3.8) is 0 Å². The summed E-state index contributed by atoms with van der Waals surface area (Å²) in [7, 11) is 0. The third kappa shape index (κ3) is 5.32. The second kappa shape index (κ2) is 12.9. The largest absolute Gasteiger partial charge is 0.310 e. The highest BCUT2D eigenvalue weighted by atomic mass is 32.1. The monoisotopic (exact) mass is 718 g/mol. The lowest BCUT2D eigenvalue weighted by Gasteiger charge is -2.26. The Bertz CT molecular complexity index is 3180. The average molecular weight is 719 g/mol. The van der Waals surface area contributed by atoms with E-state index in [1.54, 1.807) is 0 Å². The highest BCUT2D eigenvalue weighted by molar-refractivity contribution is 7.26. The first kappa shape index (κ1) is 31.6. The minimum absolute atomic E-state index is 1.11. The van der Waals surface area contributed by atoms with E-state index in [1.165, 1.54) is 80.7 Å². The summed E-state index contributed by atoms with van der Waals surface area (Å²) in [6, 6.07) is 75.1. The molecule has 2 heterocycles. The molecular formula is C52H34N2S. The highest BCUT2D eigenvalue weighted by Gasteiger charge is 2.17. The van der Waals surface area contributed by atoms with Gasteiger partial charge in [0.15, 0.2) is 0 Å². The Hall–Kier alpha value is -6.94. The Morgan fingerprint density at radius 1 is 0.345 bits per heavy atom. The van der Waals surface area contributed by atoms with Crippen LogP contribution in [-0.4, -0.2) is 4.57 Å². The van der Waals surface area contributed by atoms with E-state index in [-0.39, 0.29) is 0 Å². The van der Waals surface area contributed by atoms with Crippen LogP contribution in [-0.2, 0) is 0 Å². The molecule has 0 aliphatic heterocycles. The molecule has 0 aliphatic carbocycles. The second-order valence-corrected chi connectivity index (χ2v) is 15.2. The van der Waals surface area contributed by atoms with Crippen LogP contribution in [0.25, 0.3) is 80.7 Å². The van der Waals surface area contributed by atoms with Crippen molar-refractivity contribution < 1.29 is 0 Å². The summed E-state index contributed by atoms with van der Waals surface area (Å²) >= 11 is 1.88. The molecule has 3 heteroatoms. The van der Waals surface area contributed by atoms with Crippen LogP contribution in [0.2, 0.25) is 0 Å². The van der Waals surface area contributed by atoms with Crippen LogP contribution >= 0.6 is 11.3 Å². The van der Waals surface area contributed by atoms with Gasteiger partial charge in [-0.15, -0.1) is 11.3 Å². The zero-order chi connectivity index (χ0) is 36.3. The number of anilines is 3. The van der Waals surface area contributed by atoms with Gasteiger partial charge >= 0.3 is 0 Å². The van der Waals surface area contributed by atoms with Gasteiger partial charge in [-0.3, -0.25) is 0 Å². The minimum Gasteiger partial charge on any atom is -0.310 e.